The van der Waals surface area contributed by atoms with Crippen molar-refractivity contribution in [3.63, 3.8) is 0 Å². The average molecular weight is 354 g/mol. The van der Waals surface area contributed by atoms with Gasteiger partial charge in [0, 0.05) is 30.5 Å². The molecule has 0 N–H and O–H groups in total. The fourth-order valence-corrected chi connectivity index (χ4v) is 6.64. The molecular formula is C8H2Br2S3. The summed E-state index contributed by atoms with van der Waals surface area (Å²) in [6, 6.07) is 0. The second kappa shape index (κ2) is 3.03. The largest absolute Gasteiger partial charge is 0.132 e. The number of halogens is 2. The Bertz CT molecular complexity index is 536. The van der Waals surface area contributed by atoms with E-state index in [1.165, 1.54) is 27.7 Å². The van der Waals surface area contributed by atoms with Crippen molar-refractivity contribution >= 4 is 84.7 Å². The lowest BCUT2D eigenvalue weighted by atomic mass is 10.3. The topological polar surface area (TPSA) is 0 Å². The Balaban J connectivity index is 2.70. The highest BCUT2D eigenvalue weighted by Crippen LogP contribution is 2.47. The Morgan fingerprint density at radius 3 is 1.77 bits per heavy atom. The lowest BCUT2D eigenvalue weighted by Gasteiger charge is -1.84. The highest BCUT2D eigenvalue weighted by atomic mass is 79.9. The molecule has 0 aliphatic carbocycles. The minimum absolute atomic E-state index is 1.22. The van der Waals surface area contributed by atoms with E-state index >= 15 is 0 Å². The van der Waals surface area contributed by atoms with Gasteiger partial charge in [-0.05, 0) is 31.9 Å². The first kappa shape index (κ1) is 8.85. The van der Waals surface area contributed by atoms with Crippen molar-refractivity contribution in [3.8, 4) is 0 Å². The summed E-state index contributed by atoms with van der Waals surface area (Å²) in [6.45, 7) is 0. The Labute approximate surface area is 103 Å². The van der Waals surface area contributed by atoms with Crippen LogP contribution in [0.25, 0.3) is 18.8 Å². The van der Waals surface area contributed by atoms with Crippen molar-refractivity contribution < 1.29 is 0 Å². The van der Waals surface area contributed by atoms with E-state index in [2.05, 4.69) is 42.6 Å². The Hall–Kier alpha value is 0.580. The van der Waals surface area contributed by atoms with Crippen LogP contribution in [0.15, 0.2) is 19.7 Å². The van der Waals surface area contributed by atoms with Crippen LogP contribution >= 0.6 is 65.9 Å². The quantitative estimate of drug-likeness (QED) is 0.486. The van der Waals surface area contributed by atoms with E-state index < -0.39 is 0 Å². The van der Waals surface area contributed by atoms with Gasteiger partial charge < -0.3 is 0 Å². The SMILES string of the molecule is Brc1csc2sc3scc(Br)c3c12. The molecule has 0 unspecified atom stereocenters. The van der Waals surface area contributed by atoms with Gasteiger partial charge in [-0.1, -0.05) is 0 Å². The molecule has 0 aliphatic rings. The molecule has 3 rings (SSSR count). The van der Waals surface area contributed by atoms with Crippen LogP contribution in [0.2, 0.25) is 0 Å². The number of thiophene rings is 3. The molecule has 0 atom stereocenters. The summed E-state index contributed by atoms with van der Waals surface area (Å²) in [7, 11) is 0. The fourth-order valence-electron chi connectivity index (χ4n) is 1.32. The zero-order chi connectivity index (χ0) is 9.00. The zero-order valence-corrected chi connectivity index (χ0v) is 11.8. The number of fused-ring (bicyclic) bond motifs is 3. The predicted octanol–water partition coefficient (Wildman–Crippen LogP) is 5.70. The van der Waals surface area contributed by atoms with Crippen LogP contribution in [0.3, 0.4) is 0 Å². The molecule has 0 nitrogen and oxygen atoms in total. The van der Waals surface area contributed by atoms with Crippen molar-refractivity contribution in [2.45, 2.75) is 0 Å². The van der Waals surface area contributed by atoms with Crippen molar-refractivity contribution in [2.75, 3.05) is 0 Å². The predicted molar refractivity (Wildman–Crippen MR) is 70.5 cm³/mol. The number of rotatable bonds is 0. The summed E-state index contributed by atoms with van der Waals surface area (Å²) >= 11 is 12.7. The molecule has 3 heterocycles. The van der Waals surface area contributed by atoms with E-state index in [1.807, 2.05) is 34.0 Å². The van der Waals surface area contributed by atoms with Crippen molar-refractivity contribution in [1.29, 1.82) is 0 Å². The van der Waals surface area contributed by atoms with Gasteiger partial charge in [-0.15, -0.1) is 34.0 Å². The van der Waals surface area contributed by atoms with E-state index in [0.717, 1.165) is 0 Å². The monoisotopic (exact) mass is 352 g/mol. The van der Waals surface area contributed by atoms with E-state index in [-0.39, 0.29) is 0 Å². The molecule has 0 amide bonds. The highest BCUT2D eigenvalue weighted by molar-refractivity contribution is 9.11. The first-order valence-electron chi connectivity index (χ1n) is 3.49. The normalized spacial score (nSPS) is 11.8. The third-order valence-corrected chi connectivity index (χ3v) is 7.12. The van der Waals surface area contributed by atoms with Gasteiger partial charge in [-0.3, -0.25) is 0 Å². The van der Waals surface area contributed by atoms with Crippen LogP contribution < -0.4 is 0 Å². The fraction of sp³-hybridized carbons (Fsp3) is 0. The van der Waals surface area contributed by atoms with Gasteiger partial charge in [0.2, 0.25) is 0 Å². The first-order valence-corrected chi connectivity index (χ1v) is 7.66. The van der Waals surface area contributed by atoms with Crippen molar-refractivity contribution in [2.24, 2.45) is 0 Å². The Kier molecular flexibility index (Phi) is 2.07. The molecule has 0 saturated carbocycles. The van der Waals surface area contributed by atoms with E-state index in [4.69, 9.17) is 0 Å². The molecule has 5 heteroatoms. The summed E-state index contributed by atoms with van der Waals surface area (Å²) in [5, 5.41) is 7.06. The van der Waals surface area contributed by atoms with Crippen LogP contribution in [0, 0.1) is 0 Å². The van der Waals surface area contributed by atoms with Crippen LogP contribution in [0.5, 0.6) is 0 Å². The molecule has 0 bridgehead atoms. The summed E-state index contributed by atoms with van der Waals surface area (Å²) < 4.78 is 5.26. The minimum Gasteiger partial charge on any atom is -0.132 e. The average Bonchev–Trinajstić information content (AvgIpc) is 2.69. The molecule has 0 saturated heterocycles. The Morgan fingerprint density at radius 2 is 1.31 bits per heavy atom. The maximum atomic E-state index is 3.59. The van der Waals surface area contributed by atoms with Crippen LogP contribution in [-0.2, 0) is 0 Å². The van der Waals surface area contributed by atoms with Crippen molar-refractivity contribution in [1.82, 2.24) is 0 Å². The van der Waals surface area contributed by atoms with Gasteiger partial charge in [-0.2, -0.15) is 0 Å². The van der Waals surface area contributed by atoms with E-state index in [9.17, 15) is 0 Å². The molecule has 3 aromatic rings. The third-order valence-electron chi connectivity index (χ3n) is 1.86. The maximum Gasteiger partial charge on any atom is 0.0898 e. The second-order valence-corrected chi connectivity index (χ2v) is 7.60. The Morgan fingerprint density at radius 1 is 0.846 bits per heavy atom. The van der Waals surface area contributed by atoms with Gasteiger partial charge in [0.25, 0.3) is 0 Å². The maximum absolute atomic E-state index is 3.59. The molecule has 0 radical (unpaired) electrons. The smallest absolute Gasteiger partial charge is 0.0898 e. The van der Waals surface area contributed by atoms with Gasteiger partial charge >= 0.3 is 0 Å². The summed E-state index contributed by atoms with van der Waals surface area (Å²) in [5.41, 5.74) is 0. The summed E-state index contributed by atoms with van der Waals surface area (Å²) in [6.07, 6.45) is 0. The summed E-state index contributed by atoms with van der Waals surface area (Å²) in [5.74, 6) is 0. The molecule has 3 aromatic heterocycles. The van der Waals surface area contributed by atoms with Crippen LogP contribution in [0.1, 0.15) is 0 Å². The second-order valence-electron chi connectivity index (χ2n) is 2.59. The van der Waals surface area contributed by atoms with Gasteiger partial charge in [0.05, 0.1) is 8.03 Å². The van der Waals surface area contributed by atoms with Crippen LogP contribution in [-0.4, -0.2) is 0 Å². The van der Waals surface area contributed by atoms with Gasteiger partial charge in [0.1, 0.15) is 0 Å². The lowest BCUT2D eigenvalue weighted by Crippen LogP contribution is -1.57. The highest BCUT2D eigenvalue weighted by Gasteiger charge is 2.13. The summed E-state index contributed by atoms with van der Waals surface area (Å²) in [4.78, 5) is 0. The molecule has 0 spiro atoms. The van der Waals surface area contributed by atoms with E-state index in [1.54, 1.807) is 0 Å². The first-order chi connectivity index (χ1) is 6.27. The van der Waals surface area contributed by atoms with Gasteiger partial charge in [-0.25, -0.2) is 0 Å². The lowest BCUT2D eigenvalue weighted by molar-refractivity contribution is 1.99. The standard InChI is InChI=1S/C8H2Br2S3/c9-3-1-11-7-5(3)6-4(10)2-12-8(6)13-7/h1-2H. The van der Waals surface area contributed by atoms with E-state index in [0.29, 0.717) is 0 Å². The van der Waals surface area contributed by atoms with Crippen molar-refractivity contribution in [3.05, 3.63) is 19.7 Å². The molecule has 0 aliphatic heterocycles. The van der Waals surface area contributed by atoms with Gasteiger partial charge in [0.15, 0.2) is 0 Å². The number of hydrogen-bond acceptors (Lipinski definition) is 3. The van der Waals surface area contributed by atoms with Crippen LogP contribution in [0.4, 0.5) is 0 Å². The third kappa shape index (κ3) is 1.18. The molecule has 0 fully saturated rings. The molecule has 0 aromatic carbocycles. The minimum atomic E-state index is 1.22. The zero-order valence-electron chi connectivity index (χ0n) is 6.14. The molecule has 13 heavy (non-hydrogen) atoms. The molecular weight excluding hydrogens is 352 g/mol. The molecule has 66 valence electrons. The number of hydrogen-bond donors (Lipinski definition) is 0.